The number of carboxylic acid groups (broad SMARTS) is 1. The molecule has 2 fully saturated rings. The molecule has 2 N–H and O–H groups in total. The Labute approximate surface area is 155 Å². The molecule has 1 heterocycles. The Morgan fingerprint density at radius 2 is 2.04 bits per heavy atom. The van der Waals surface area contributed by atoms with Crippen LogP contribution in [0.1, 0.15) is 87.2 Å². The van der Waals surface area contributed by atoms with Gasteiger partial charge in [0.25, 0.3) is 0 Å². The molecule has 0 spiro atoms. The maximum atomic E-state index is 11.9. The first-order valence-electron chi connectivity index (χ1n) is 10.0. The number of hydrogen-bond acceptors (Lipinski definition) is 3. The SMILES string of the molecule is CCCCCc1cc2c(c(O)c1C(=O)O)[C@@H]1C3C(CC[C@@]3(C)O2)C1(C)C. The maximum Gasteiger partial charge on any atom is 0.339 e. The van der Waals surface area contributed by atoms with E-state index in [9.17, 15) is 15.0 Å². The molecule has 0 radical (unpaired) electrons. The van der Waals surface area contributed by atoms with Gasteiger partial charge in [0.05, 0.1) is 0 Å². The fourth-order valence-electron chi connectivity index (χ4n) is 6.23. The summed E-state index contributed by atoms with van der Waals surface area (Å²) in [7, 11) is 0. The van der Waals surface area contributed by atoms with E-state index in [2.05, 4.69) is 27.7 Å². The van der Waals surface area contributed by atoms with Gasteiger partial charge in [-0.3, -0.25) is 0 Å². The van der Waals surface area contributed by atoms with E-state index in [4.69, 9.17) is 4.74 Å². The molecule has 4 nitrogen and oxygen atoms in total. The maximum absolute atomic E-state index is 11.9. The van der Waals surface area contributed by atoms with Gasteiger partial charge >= 0.3 is 5.97 Å². The second-order valence-electron chi connectivity index (χ2n) is 9.32. The van der Waals surface area contributed by atoms with Crippen molar-refractivity contribution in [2.24, 2.45) is 17.3 Å². The number of unbranched alkanes of at least 4 members (excludes halogenated alkanes) is 2. The van der Waals surface area contributed by atoms with E-state index in [-0.39, 0.29) is 28.2 Å². The Morgan fingerprint density at radius 1 is 1.31 bits per heavy atom. The molecule has 1 aliphatic heterocycles. The summed E-state index contributed by atoms with van der Waals surface area (Å²) in [4.78, 5) is 11.9. The number of phenols is 1. The lowest BCUT2D eigenvalue weighted by atomic mass is 9.45. The molecule has 0 bridgehead atoms. The summed E-state index contributed by atoms with van der Waals surface area (Å²) in [6.07, 6.45) is 5.90. The number of ether oxygens (including phenoxy) is 1. The lowest BCUT2D eigenvalue weighted by Gasteiger charge is -2.62. The topological polar surface area (TPSA) is 66.8 Å². The van der Waals surface area contributed by atoms with Crippen LogP contribution in [0.5, 0.6) is 11.5 Å². The van der Waals surface area contributed by atoms with E-state index in [0.717, 1.165) is 43.4 Å². The highest BCUT2D eigenvalue weighted by Crippen LogP contribution is 2.74. The molecule has 2 saturated carbocycles. The Hall–Kier alpha value is -1.71. The monoisotopic (exact) mass is 358 g/mol. The van der Waals surface area contributed by atoms with Crippen molar-refractivity contribution in [1.82, 2.24) is 0 Å². The molecule has 3 aliphatic rings. The third kappa shape index (κ3) is 2.17. The normalized spacial score (nSPS) is 33.0. The van der Waals surface area contributed by atoms with Gasteiger partial charge in [0.1, 0.15) is 22.7 Å². The summed E-state index contributed by atoms with van der Waals surface area (Å²) >= 11 is 0. The highest BCUT2D eigenvalue weighted by molar-refractivity contribution is 5.94. The molecule has 26 heavy (non-hydrogen) atoms. The van der Waals surface area contributed by atoms with Crippen molar-refractivity contribution in [2.45, 2.75) is 77.7 Å². The zero-order valence-electron chi connectivity index (χ0n) is 16.3. The first-order valence-corrected chi connectivity index (χ1v) is 10.0. The molecule has 142 valence electrons. The van der Waals surface area contributed by atoms with Crippen molar-refractivity contribution in [3.05, 3.63) is 22.8 Å². The number of carbonyl (C=O) groups is 1. The molecule has 1 aromatic rings. The second kappa shape index (κ2) is 5.64. The molecule has 0 aromatic heterocycles. The molecule has 4 heteroatoms. The van der Waals surface area contributed by atoms with Crippen molar-refractivity contribution in [1.29, 1.82) is 0 Å². The highest BCUT2D eigenvalue weighted by Gasteiger charge is 2.69. The zero-order valence-corrected chi connectivity index (χ0v) is 16.3. The summed E-state index contributed by atoms with van der Waals surface area (Å²) < 4.78 is 6.45. The molecule has 4 atom stereocenters. The number of hydrogen-bond donors (Lipinski definition) is 2. The minimum absolute atomic E-state index is 0.0491. The van der Waals surface area contributed by atoms with Gasteiger partial charge in [-0.25, -0.2) is 4.79 Å². The van der Waals surface area contributed by atoms with E-state index >= 15 is 0 Å². The van der Waals surface area contributed by atoms with Crippen molar-refractivity contribution in [2.75, 3.05) is 0 Å². The number of benzene rings is 1. The van der Waals surface area contributed by atoms with E-state index in [0.29, 0.717) is 23.8 Å². The smallest absolute Gasteiger partial charge is 0.339 e. The molecule has 0 saturated heterocycles. The van der Waals surface area contributed by atoms with Crippen LogP contribution in [-0.4, -0.2) is 21.8 Å². The minimum atomic E-state index is -1.04. The summed E-state index contributed by atoms with van der Waals surface area (Å²) in [6, 6.07) is 1.91. The summed E-state index contributed by atoms with van der Waals surface area (Å²) in [5.41, 5.74) is 1.42. The first-order chi connectivity index (χ1) is 12.2. The van der Waals surface area contributed by atoms with Gasteiger partial charge in [0.2, 0.25) is 0 Å². The fourth-order valence-corrected chi connectivity index (χ4v) is 6.23. The van der Waals surface area contributed by atoms with E-state index in [1.807, 2.05) is 6.07 Å². The van der Waals surface area contributed by atoms with Gasteiger partial charge in [0, 0.05) is 17.4 Å². The number of aromatic hydroxyl groups is 1. The Bertz CT molecular complexity index is 766. The van der Waals surface area contributed by atoms with Crippen LogP contribution < -0.4 is 4.74 Å². The molecule has 0 amide bonds. The summed E-state index contributed by atoms with van der Waals surface area (Å²) in [5, 5.41) is 20.8. The predicted octanol–water partition coefficient (Wildman–Crippen LogP) is 5.12. The third-order valence-electron chi connectivity index (χ3n) is 7.51. The van der Waals surface area contributed by atoms with Gasteiger partial charge < -0.3 is 14.9 Å². The van der Waals surface area contributed by atoms with Crippen molar-refractivity contribution >= 4 is 5.97 Å². The largest absolute Gasteiger partial charge is 0.507 e. The van der Waals surface area contributed by atoms with Gasteiger partial charge in [-0.1, -0.05) is 33.6 Å². The van der Waals surface area contributed by atoms with Crippen molar-refractivity contribution in [3.63, 3.8) is 0 Å². The Balaban J connectivity index is 1.85. The quantitative estimate of drug-likeness (QED) is 0.717. The van der Waals surface area contributed by atoms with E-state index in [1.54, 1.807) is 0 Å². The summed E-state index contributed by atoms with van der Waals surface area (Å²) in [6.45, 7) is 8.84. The van der Waals surface area contributed by atoms with Gasteiger partial charge in [-0.2, -0.15) is 0 Å². The molecule has 4 rings (SSSR count). The Morgan fingerprint density at radius 3 is 2.69 bits per heavy atom. The molecule has 1 aromatic carbocycles. The van der Waals surface area contributed by atoms with Crippen molar-refractivity contribution in [3.8, 4) is 11.5 Å². The van der Waals surface area contributed by atoms with Crippen LogP contribution >= 0.6 is 0 Å². The number of carboxylic acids is 1. The van der Waals surface area contributed by atoms with Crippen LogP contribution in [-0.2, 0) is 6.42 Å². The van der Waals surface area contributed by atoms with Crippen LogP contribution in [0.25, 0.3) is 0 Å². The lowest BCUT2D eigenvalue weighted by Crippen LogP contribution is -2.59. The van der Waals surface area contributed by atoms with E-state index < -0.39 is 5.97 Å². The van der Waals surface area contributed by atoms with Crippen molar-refractivity contribution < 1.29 is 19.7 Å². The lowest BCUT2D eigenvalue weighted by molar-refractivity contribution is -0.121. The molecular weight excluding hydrogens is 328 g/mol. The summed E-state index contributed by atoms with van der Waals surface area (Å²) in [5.74, 6) is 0.769. The number of aromatic carboxylic acids is 1. The average Bonchev–Trinajstić information content (AvgIpc) is 2.88. The molecule has 2 aliphatic carbocycles. The van der Waals surface area contributed by atoms with Crippen LogP contribution in [0, 0.1) is 17.3 Å². The zero-order chi connectivity index (χ0) is 18.9. The molecule has 2 unspecified atom stereocenters. The number of fused-ring (bicyclic) bond motifs is 2. The fraction of sp³-hybridized carbons (Fsp3) is 0.682. The van der Waals surface area contributed by atoms with Gasteiger partial charge in [-0.15, -0.1) is 0 Å². The van der Waals surface area contributed by atoms with Crippen LogP contribution in [0.15, 0.2) is 6.07 Å². The standard InChI is InChI=1S/C22H30O4/c1-5-6-7-8-12-11-14-16(19(23)15(12)20(24)25)18-17-13(21(18,2)3)9-10-22(17,4)26-14/h11,13,17-18,23H,5-10H2,1-4H3,(H,24,25)/t13?,17?,18-,22-/m1/s1. The highest BCUT2D eigenvalue weighted by atomic mass is 16.5. The minimum Gasteiger partial charge on any atom is -0.507 e. The second-order valence-corrected chi connectivity index (χ2v) is 9.32. The van der Waals surface area contributed by atoms with Gasteiger partial charge in [-0.05, 0) is 55.6 Å². The van der Waals surface area contributed by atoms with Crippen LogP contribution in [0.3, 0.4) is 0 Å². The first kappa shape index (κ1) is 17.7. The van der Waals surface area contributed by atoms with E-state index in [1.165, 1.54) is 0 Å². The average molecular weight is 358 g/mol. The number of rotatable bonds is 5. The number of aryl methyl sites for hydroxylation is 1. The molecular formula is C22H30O4. The van der Waals surface area contributed by atoms with Gasteiger partial charge in [0.15, 0.2) is 0 Å². The predicted molar refractivity (Wildman–Crippen MR) is 100 cm³/mol. The Kier molecular flexibility index (Phi) is 3.84. The van der Waals surface area contributed by atoms with Crippen LogP contribution in [0.2, 0.25) is 0 Å². The van der Waals surface area contributed by atoms with Crippen LogP contribution in [0.4, 0.5) is 0 Å². The third-order valence-corrected chi connectivity index (χ3v) is 7.51.